The van der Waals surface area contributed by atoms with Gasteiger partial charge in [0.05, 0.1) is 24.2 Å². The summed E-state index contributed by atoms with van der Waals surface area (Å²) < 4.78 is 20.5. The minimum atomic E-state index is -0.573. The first kappa shape index (κ1) is 32.3. The van der Waals surface area contributed by atoms with E-state index in [0.717, 1.165) is 48.9 Å². The second kappa shape index (κ2) is 14.7. The van der Waals surface area contributed by atoms with Crippen molar-refractivity contribution in [2.24, 2.45) is 4.99 Å². The lowest BCUT2D eigenvalue weighted by Gasteiger charge is -2.32. The first-order chi connectivity index (χ1) is 20.6. The fraction of sp³-hybridized carbons (Fsp3) is 0.625. The number of fused-ring (bicyclic) bond motifs is 1. The van der Waals surface area contributed by atoms with Crippen molar-refractivity contribution < 1.29 is 23.8 Å². The van der Waals surface area contributed by atoms with Crippen LogP contribution in [0.4, 0.5) is 10.7 Å². The number of ether oxygens (including phenoxy) is 3. The van der Waals surface area contributed by atoms with Crippen LogP contribution in [-0.2, 0) is 14.3 Å². The van der Waals surface area contributed by atoms with Gasteiger partial charge in [-0.3, -0.25) is 9.79 Å². The summed E-state index contributed by atoms with van der Waals surface area (Å²) >= 11 is 0. The van der Waals surface area contributed by atoms with Crippen LogP contribution in [0.15, 0.2) is 35.8 Å². The predicted octanol–water partition coefficient (Wildman–Crippen LogP) is 5.42. The Bertz CT molecular complexity index is 1280. The van der Waals surface area contributed by atoms with Crippen molar-refractivity contribution in [2.45, 2.75) is 90.6 Å². The molecule has 2 saturated heterocycles. The number of anilines is 1. The maximum absolute atomic E-state index is 13.2. The average molecular weight is 597 g/mol. The van der Waals surface area contributed by atoms with Gasteiger partial charge in [0, 0.05) is 52.2 Å². The molecular formula is C32H48N6O5. The molecule has 0 spiro atoms. The van der Waals surface area contributed by atoms with Gasteiger partial charge in [-0.25, -0.2) is 9.78 Å². The molecule has 1 aromatic carbocycles. The molecule has 236 valence electrons. The van der Waals surface area contributed by atoms with Crippen LogP contribution >= 0.6 is 0 Å². The van der Waals surface area contributed by atoms with Gasteiger partial charge in [0.1, 0.15) is 29.7 Å². The fourth-order valence-electron chi connectivity index (χ4n) is 5.57. The van der Waals surface area contributed by atoms with E-state index >= 15 is 0 Å². The molecule has 2 aliphatic rings. The monoisotopic (exact) mass is 596 g/mol. The highest BCUT2D eigenvalue weighted by Gasteiger charge is 2.31. The summed E-state index contributed by atoms with van der Waals surface area (Å²) in [7, 11) is 0. The van der Waals surface area contributed by atoms with Crippen molar-refractivity contribution >= 4 is 35.2 Å². The first-order valence-corrected chi connectivity index (χ1v) is 15.4. The van der Waals surface area contributed by atoms with Gasteiger partial charge < -0.3 is 33.9 Å². The lowest BCUT2D eigenvalue weighted by Crippen LogP contribution is -2.40. The number of allylic oxidation sites excluding steroid dienone is 1. The lowest BCUT2D eigenvalue weighted by atomic mass is 10.1. The zero-order valence-electron chi connectivity index (χ0n) is 26.4. The molecule has 11 nitrogen and oxygen atoms in total. The quantitative estimate of drug-likeness (QED) is 0.288. The van der Waals surface area contributed by atoms with Crippen molar-refractivity contribution in [3.63, 3.8) is 0 Å². The van der Waals surface area contributed by atoms with Gasteiger partial charge in [0.15, 0.2) is 0 Å². The number of benzene rings is 1. The number of amides is 2. The third kappa shape index (κ3) is 8.95. The number of hydrogen-bond donors (Lipinski definition) is 1. The predicted molar refractivity (Wildman–Crippen MR) is 169 cm³/mol. The summed E-state index contributed by atoms with van der Waals surface area (Å²) in [5.74, 6) is 1.51. The van der Waals surface area contributed by atoms with Crippen LogP contribution in [0.5, 0.6) is 5.75 Å². The number of imidazole rings is 1. The molecule has 0 saturated carbocycles. The molecule has 2 amide bonds. The Morgan fingerprint density at radius 1 is 1.16 bits per heavy atom. The highest BCUT2D eigenvalue weighted by atomic mass is 16.6. The van der Waals surface area contributed by atoms with E-state index in [9.17, 15) is 9.59 Å². The third-order valence-electron chi connectivity index (χ3n) is 7.69. The minimum Gasteiger partial charge on any atom is -0.488 e. The fourth-order valence-corrected chi connectivity index (χ4v) is 5.57. The Kier molecular flexibility index (Phi) is 11.1. The second-order valence-electron chi connectivity index (χ2n) is 12.4. The summed E-state index contributed by atoms with van der Waals surface area (Å²) in [5.41, 5.74) is 1.12. The molecule has 2 aliphatic heterocycles. The number of nitrogens with one attached hydrogen (secondary N) is 1. The van der Waals surface area contributed by atoms with Crippen molar-refractivity contribution in [3.8, 4) is 5.75 Å². The number of carbonyl (C=O) groups excluding carboxylic acids is 2. The zero-order chi connectivity index (χ0) is 31.0. The van der Waals surface area contributed by atoms with Crippen LogP contribution in [0.2, 0.25) is 0 Å². The molecule has 3 heterocycles. The number of hydrogen-bond acceptors (Lipinski definition) is 8. The minimum absolute atomic E-state index is 0.00587. The standard InChI is InChI=1S/C32H48N6O5/c1-7-16-33-20-23(2)41-22-34-30-35-27-12-10-13-28(42-26-14-18-36(19-15-26)24(3)39)29(27)38(30)25-11-8-9-17-37(21-25)31(40)43-32(4,5)6/h7,10,12-13,16,23,25-26H,1,8-9,11,14-15,17-22H2,2-6H3,(H,34,35)/t23?,25-/m1/s1. The van der Waals surface area contributed by atoms with Gasteiger partial charge in [0.25, 0.3) is 0 Å². The van der Waals surface area contributed by atoms with E-state index in [2.05, 4.69) is 21.5 Å². The summed E-state index contributed by atoms with van der Waals surface area (Å²) in [5, 5.41) is 3.40. The van der Waals surface area contributed by atoms with Gasteiger partial charge >= 0.3 is 6.09 Å². The van der Waals surface area contributed by atoms with Crippen LogP contribution in [0.3, 0.4) is 0 Å². The highest BCUT2D eigenvalue weighted by molar-refractivity contribution is 5.85. The van der Waals surface area contributed by atoms with Crippen LogP contribution in [-0.4, -0.2) is 94.8 Å². The van der Waals surface area contributed by atoms with Crippen molar-refractivity contribution in [1.29, 1.82) is 0 Å². The van der Waals surface area contributed by atoms with Crippen LogP contribution in [0.1, 0.15) is 72.8 Å². The third-order valence-corrected chi connectivity index (χ3v) is 7.69. The molecule has 0 radical (unpaired) electrons. The van der Waals surface area contributed by atoms with E-state index in [4.69, 9.17) is 19.2 Å². The molecular weight excluding hydrogens is 548 g/mol. The van der Waals surface area contributed by atoms with E-state index in [-0.39, 0.29) is 37.0 Å². The highest BCUT2D eigenvalue weighted by Crippen LogP contribution is 2.36. The van der Waals surface area contributed by atoms with E-state index in [1.807, 2.05) is 55.7 Å². The Morgan fingerprint density at radius 3 is 2.63 bits per heavy atom. The number of rotatable bonds is 10. The maximum atomic E-state index is 13.2. The van der Waals surface area contributed by atoms with Gasteiger partial charge in [-0.1, -0.05) is 18.7 Å². The number of aliphatic imine (C=N–C) groups is 1. The molecule has 0 aliphatic carbocycles. The Balaban J connectivity index is 1.63. The van der Waals surface area contributed by atoms with Crippen LogP contribution < -0.4 is 10.1 Å². The van der Waals surface area contributed by atoms with Crippen molar-refractivity contribution in [3.05, 3.63) is 30.9 Å². The Hall–Kier alpha value is -3.60. The van der Waals surface area contributed by atoms with Gasteiger partial charge in [0.2, 0.25) is 11.9 Å². The number of likely N-dealkylation sites (tertiary alicyclic amines) is 2. The van der Waals surface area contributed by atoms with Gasteiger partial charge in [-0.15, -0.1) is 0 Å². The Labute approximate surface area is 255 Å². The molecule has 1 N–H and O–H groups in total. The van der Waals surface area contributed by atoms with E-state index in [1.54, 1.807) is 19.2 Å². The topological polar surface area (TPSA) is 111 Å². The zero-order valence-corrected chi connectivity index (χ0v) is 26.4. The Morgan fingerprint density at radius 2 is 1.93 bits per heavy atom. The molecule has 2 aromatic rings. The van der Waals surface area contributed by atoms with Gasteiger partial charge in [-0.2, -0.15) is 0 Å². The molecule has 2 fully saturated rings. The maximum Gasteiger partial charge on any atom is 0.410 e. The first-order valence-electron chi connectivity index (χ1n) is 15.4. The molecule has 43 heavy (non-hydrogen) atoms. The number of nitrogens with zero attached hydrogens (tertiary/aromatic N) is 5. The normalized spacial score (nSPS) is 19.3. The molecule has 4 rings (SSSR count). The summed E-state index contributed by atoms with van der Waals surface area (Å²) in [6, 6.07) is 5.87. The molecule has 2 atom stereocenters. The van der Waals surface area contributed by atoms with E-state index < -0.39 is 5.60 Å². The van der Waals surface area contributed by atoms with Crippen LogP contribution in [0, 0.1) is 0 Å². The molecule has 0 bridgehead atoms. The lowest BCUT2D eigenvalue weighted by molar-refractivity contribution is -0.130. The van der Waals surface area contributed by atoms with Crippen molar-refractivity contribution in [1.82, 2.24) is 19.4 Å². The molecule has 1 unspecified atom stereocenters. The summed E-state index contributed by atoms with van der Waals surface area (Å²) in [6.07, 6.45) is 7.18. The van der Waals surface area contributed by atoms with Crippen LogP contribution in [0.25, 0.3) is 11.0 Å². The average Bonchev–Trinajstić information content (AvgIpc) is 3.14. The molecule has 1 aromatic heterocycles. The summed E-state index contributed by atoms with van der Waals surface area (Å²) in [4.78, 5) is 37.9. The number of piperidine rings is 1. The molecule has 11 heteroatoms. The summed E-state index contributed by atoms with van der Waals surface area (Å²) in [6.45, 7) is 16.2. The number of carbonyl (C=O) groups is 2. The smallest absolute Gasteiger partial charge is 0.410 e. The van der Waals surface area contributed by atoms with Gasteiger partial charge in [-0.05, 0) is 59.1 Å². The van der Waals surface area contributed by atoms with E-state index in [0.29, 0.717) is 38.7 Å². The van der Waals surface area contributed by atoms with E-state index in [1.165, 1.54) is 0 Å². The number of aromatic nitrogens is 2. The number of para-hydroxylation sites is 1. The largest absolute Gasteiger partial charge is 0.488 e. The second-order valence-corrected chi connectivity index (χ2v) is 12.4. The SMILES string of the molecule is C=CC=NCC(C)OCNc1nc2cccc(OC3CCN(C(C)=O)CC3)c2n1[C@@H]1CCCCN(C(=O)OC(C)(C)C)C1. The van der Waals surface area contributed by atoms with Crippen molar-refractivity contribution in [2.75, 3.05) is 44.8 Å².